The molecule has 0 aliphatic carbocycles. The van der Waals surface area contributed by atoms with Gasteiger partial charge in [0, 0.05) is 12.1 Å². The molecule has 0 unspecified atom stereocenters. The lowest BCUT2D eigenvalue weighted by molar-refractivity contribution is -0.160. The second kappa shape index (κ2) is 4.55. The average molecular weight is 234 g/mol. The third-order valence-corrected chi connectivity index (χ3v) is 2.83. The molecule has 2 amide bonds. The molecule has 1 fully saturated rings. The fourth-order valence-corrected chi connectivity index (χ4v) is 1.97. The minimum Gasteiger partial charge on any atom is -0.366 e. The van der Waals surface area contributed by atoms with Crippen molar-refractivity contribution in [1.29, 1.82) is 0 Å². The van der Waals surface area contributed by atoms with Gasteiger partial charge in [-0.3, -0.25) is 14.4 Å². The predicted octanol–water partition coefficient (Wildman–Crippen LogP) is 0.663. The zero-order chi connectivity index (χ0) is 12.4. The number of nitrogens with two attached hydrogens (primary N) is 1. The second-order valence-electron chi connectivity index (χ2n) is 3.83. The van der Waals surface area contributed by atoms with Crippen LogP contribution in [-0.4, -0.2) is 30.0 Å². The monoisotopic (exact) mass is 234 g/mol. The van der Waals surface area contributed by atoms with Crippen LogP contribution >= 0.6 is 0 Å². The number of hydrogen-bond acceptors (Lipinski definition) is 3. The number of rotatable bonds is 3. The van der Waals surface area contributed by atoms with Gasteiger partial charge in [0.15, 0.2) is 0 Å². The highest BCUT2D eigenvalue weighted by molar-refractivity contribution is 5.97. The summed E-state index contributed by atoms with van der Waals surface area (Å²) in [4.78, 5) is 28.5. The molecule has 2 rings (SSSR count). The zero-order valence-electron chi connectivity index (χ0n) is 9.55. The van der Waals surface area contributed by atoms with E-state index in [9.17, 15) is 9.59 Å². The maximum Gasteiger partial charge on any atom is 0.256 e. The van der Waals surface area contributed by atoms with Crippen molar-refractivity contribution in [2.75, 3.05) is 13.2 Å². The molecule has 0 radical (unpaired) electrons. The van der Waals surface area contributed by atoms with Crippen LogP contribution in [-0.2, 0) is 9.63 Å². The Hall–Kier alpha value is -1.88. The van der Waals surface area contributed by atoms with Crippen LogP contribution < -0.4 is 5.73 Å². The first kappa shape index (κ1) is 11.6. The Morgan fingerprint density at radius 1 is 1.53 bits per heavy atom. The largest absolute Gasteiger partial charge is 0.366 e. The van der Waals surface area contributed by atoms with E-state index in [4.69, 9.17) is 10.6 Å². The molecule has 90 valence electrons. The summed E-state index contributed by atoms with van der Waals surface area (Å²) < 4.78 is 0. The van der Waals surface area contributed by atoms with Crippen molar-refractivity contribution in [2.45, 2.75) is 12.8 Å². The molecule has 0 aromatic heterocycles. The third kappa shape index (κ3) is 2.01. The minimum atomic E-state index is -0.525. The highest BCUT2D eigenvalue weighted by Gasteiger charge is 2.35. The third-order valence-electron chi connectivity index (χ3n) is 2.83. The molecule has 1 aliphatic rings. The van der Waals surface area contributed by atoms with E-state index >= 15 is 0 Å². The van der Waals surface area contributed by atoms with Gasteiger partial charge in [0.05, 0.1) is 12.5 Å². The lowest BCUT2D eigenvalue weighted by atomic mass is 9.94. The molecule has 0 saturated carbocycles. The molecule has 1 atom stereocenters. The summed E-state index contributed by atoms with van der Waals surface area (Å²) in [6, 6.07) is 6.87. The molecule has 5 nitrogen and oxygen atoms in total. The summed E-state index contributed by atoms with van der Waals surface area (Å²) in [5.74, 6) is -1.08. The van der Waals surface area contributed by atoms with Crippen molar-refractivity contribution in [3.63, 3.8) is 0 Å². The molecular weight excluding hydrogens is 220 g/mol. The Morgan fingerprint density at radius 2 is 2.24 bits per heavy atom. The number of amides is 2. The molecule has 5 heteroatoms. The summed E-state index contributed by atoms with van der Waals surface area (Å²) in [7, 11) is 0. The van der Waals surface area contributed by atoms with Crippen LogP contribution in [0.25, 0.3) is 0 Å². The van der Waals surface area contributed by atoms with E-state index < -0.39 is 11.8 Å². The van der Waals surface area contributed by atoms with Gasteiger partial charge < -0.3 is 5.73 Å². The van der Waals surface area contributed by atoms with Crippen molar-refractivity contribution in [2.24, 2.45) is 5.73 Å². The number of hydroxylamine groups is 2. The highest BCUT2D eigenvalue weighted by Crippen LogP contribution is 2.27. The van der Waals surface area contributed by atoms with Crippen molar-refractivity contribution in [1.82, 2.24) is 5.06 Å². The van der Waals surface area contributed by atoms with Gasteiger partial charge >= 0.3 is 0 Å². The van der Waals surface area contributed by atoms with Gasteiger partial charge in [-0.25, -0.2) is 5.06 Å². The van der Waals surface area contributed by atoms with Crippen molar-refractivity contribution in [3.05, 3.63) is 35.4 Å². The Bertz CT molecular complexity index is 459. The molecule has 1 heterocycles. The van der Waals surface area contributed by atoms with Crippen molar-refractivity contribution in [3.8, 4) is 0 Å². The summed E-state index contributed by atoms with van der Waals surface area (Å²) >= 11 is 0. The van der Waals surface area contributed by atoms with Crippen LogP contribution in [0.3, 0.4) is 0 Å². The van der Waals surface area contributed by atoms with Gasteiger partial charge in [0.1, 0.15) is 0 Å². The Labute approximate surface area is 99.1 Å². The number of benzene rings is 1. The van der Waals surface area contributed by atoms with Crippen LogP contribution in [0.15, 0.2) is 24.3 Å². The van der Waals surface area contributed by atoms with E-state index in [1.807, 2.05) is 6.92 Å². The number of carbonyl (C=O) groups excluding carboxylic acids is 2. The van der Waals surface area contributed by atoms with Gasteiger partial charge in [-0.15, -0.1) is 0 Å². The van der Waals surface area contributed by atoms with Crippen LogP contribution in [0.1, 0.15) is 28.8 Å². The Balaban J connectivity index is 2.35. The van der Waals surface area contributed by atoms with Gasteiger partial charge in [-0.1, -0.05) is 18.2 Å². The second-order valence-corrected chi connectivity index (χ2v) is 3.83. The summed E-state index contributed by atoms with van der Waals surface area (Å²) in [6.07, 6.45) is 0. The molecule has 1 saturated heterocycles. The van der Waals surface area contributed by atoms with E-state index in [1.165, 1.54) is 5.06 Å². The van der Waals surface area contributed by atoms with E-state index in [1.54, 1.807) is 24.3 Å². The van der Waals surface area contributed by atoms with E-state index in [-0.39, 0.29) is 12.5 Å². The maximum atomic E-state index is 12.0. The molecular formula is C12H14N2O3. The summed E-state index contributed by atoms with van der Waals surface area (Å²) in [5, 5.41) is 1.31. The number of nitrogens with zero attached hydrogens (tertiary/aromatic N) is 1. The van der Waals surface area contributed by atoms with Crippen LogP contribution in [0.4, 0.5) is 0 Å². The van der Waals surface area contributed by atoms with E-state index in [0.29, 0.717) is 17.7 Å². The molecule has 1 aliphatic heterocycles. The molecule has 0 spiro atoms. The number of likely N-dealkylation sites (N-methyl/N-ethyl adjacent to an activating group) is 1. The zero-order valence-corrected chi connectivity index (χ0v) is 9.55. The molecule has 1 aromatic carbocycles. The van der Waals surface area contributed by atoms with Gasteiger partial charge in [0.25, 0.3) is 5.91 Å². The normalized spacial score (nSPS) is 19.7. The lowest BCUT2D eigenvalue weighted by Crippen LogP contribution is -2.26. The fraction of sp³-hybridized carbons (Fsp3) is 0.333. The first-order valence-electron chi connectivity index (χ1n) is 5.48. The first-order valence-corrected chi connectivity index (χ1v) is 5.48. The molecule has 17 heavy (non-hydrogen) atoms. The number of carbonyl (C=O) groups is 2. The lowest BCUT2D eigenvalue weighted by Gasteiger charge is -2.12. The van der Waals surface area contributed by atoms with Crippen molar-refractivity contribution >= 4 is 11.8 Å². The van der Waals surface area contributed by atoms with Gasteiger partial charge in [-0.05, 0) is 18.6 Å². The SMILES string of the molecule is CCN1OC[C@H](c2ccccc2C(N)=O)C1=O. The smallest absolute Gasteiger partial charge is 0.256 e. The average Bonchev–Trinajstić information content (AvgIpc) is 2.70. The number of hydrogen-bond donors (Lipinski definition) is 1. The quantitative estimate of drug-likeness (QED) is 0.835. The Morgan fingerprint density at radius 3 is 2.82 bits per heavy atom. The molecule has 2 N–H and O–H groups in total. The van der Waals surface area contributed by atoms with Crippen LogP contribution in [0.5, 0.6) is 0 Å². The van der Waals surface area contributed by atoms with Crippen molar-refractivity contribution < 1.29 is 14.4 Å². The van der Waals surface area contributed by atoms with Gasteiger partial charge in [-0.2, -0.15) is 0 Å². The van der Waals surface area contributed by atoms with E-state index in [0.717, 1.165) is 0 Å². The minimum absolute atomic E-state index is 0.124. The van der Waals surface area contributed by atoms with E-state index in [2.05, 4.69) is 0 Å². The first-order chi connectivity index (χ1) is 8.15. The molecule has 0 bridgehead atoms. The number of primary amides is 1. The summed E-state index contributed by atoms with van der Waals surface area (Å²) in [6.45, 7) is 2.59. The maximum absolute atomic E-state index is 12.0. The van der Waals surface area contributed by atoms with Crippen LogP contribution in [0.2, 0.25) is 0 Å². The molecule has 1 aromatic rings. The summed E-state index contributed by atoms with van der Waals surface area (Å²) in [5.41, 5.74) is 6.31. The van der Waals surface area contributed by atoms with Gasteiger partial charge in [0.2, 0.25) is 5.91 Å². The highest BCUT2D eigenvalue weighted by atomic mass is 16.7. The Kier molecular flexibility index (Phi) is 3.10. The van der Waals surface area contributed by atoms with Crippen LogP contribution in [0, 0.1) is 0 Å². The topological polar surface area (TPSA) is 72.6 Å². The predicted molar refractivity (Wildman–Crippen MR) is 61.0 cm³/mol. The fourth-order valence-electron chi connectivity index (χ4n) is 1.97. The standard InChI is InChI=1S/C12H14N2O3/c1-2-14-12(16)10(7-17-14)8-5-3-4-6-9(8)11(13)15/h3-6,10H,2,7H2,1H3,(H2,13,15)/t10-/m1/s1.